The number of alkyl carbamates (subject to hydrolysis) is 1. The summed E-state index contributed by atoms with van der Waals surface area (Å²) in [6.45, 7) is 1.17. The molecule has 256 valence electrons. The van der Waals surface area contributed by atoms with Gasteiger partial charge < -0.3 is 35.0 Å². The monoisotopic (exact) mass is 671 g/mol. The number of hydrogen-bond donors (Lipinski definition) is 4. The van der Waals surface area contributed by atoms with Crippen LogP contribution in [0.5, 0.6) is 0 Å². The maximum Gasteiger partial charge on any atom is 0.407 e. The number of nitrogens with zero attached hydrogens (tertiary/aromatic N) is 3. The first-order valence-corrected chi connectivity index (χ1v) is 18.1. The van der Waals surface area contributed by atoms with Gasteiger partial charge in [0.1, 0.15) is 17.7 Å². The van der Waals surface area contributed by atoms with Gasteiger partial charge in [-0.1, -0.05) is 30.3 Å². The van der Waals surface area contributed by atoms with Gasteiger partial charge in [-0.2, -0.15) is 0 Å². The molecule has 50 heavy (non-hydrogen) atoms. The molecule has 3 aliphatic heterocycles. The van der Waals surface area contributed by atoms with Crippen LogP contribution in [0.3, 0.4) is 0 Å². The fraction of sp³-hybridized carbons (Fsp3) is 0.436. The van der Waals surface area contributed by atoms with Crippen LogP contribution in [0.4, 0.5) is 4.79 Å². The molecule has 1 unspecified atom stereocenters. The highest BCUT2D eigenvalue weighted by atomic mass is 16.5. The predicted octanol–water partition coefficient (Wildman–Crippen LogP) is 6.01. The van der Waals surface area contributed by atoms with Crippen molar-refractivity contribution in [1.82, 2.24) is 35.5 Å². The molecule has 4 N–H and O–H groups in total. The number of carbonyl (C=O) groups is 2. The average Bonchev–Trinajstić information content (AvgIpc) is 3.74. The number of imidazole rings is 2. The van der Waals surface area contributed by atoms with Crippen molar-refractivity contribution in [2.45, 2.75) is 68.7 Å². The number of piperidine rings is 2. The van der Waals surface area contributed by atoms with E-state index >= 15 is 0 Å². The molecular weight excluding hydrogens is 630 g/mol. The second kappa shape index (κ2) is 11.7. The summed E-state index contributed by atoms with van der Waals surface area (Å²) in [6, 6.07) is 20.0. The highest BCUT2D eigenvalue weighted by Crippen LogP contribution is 2.53. The summed E-state index contributed by atoms with van der Waals surface area (Å²) in [5, 5.41) is 8.87. The molecule has 2 saturated carbocycles. The molecule has 2 aliphatic carbocycles. The third kappa shape index (κ3) is 5.25. The van der Waals surface area contributed by atoms with Crippen molar-refractivity contribution in [2.75, 3.05) is 20.3 Å². The minimum atomic E-state index is -0.647. The molecule has 11 heteroatoms. The Bertz CT molecular complexity index is 2130. The molecule has 5 aliphatic rings. The van der Waals surface area contributed by atoms with E-state index in [1.165, 1.54) is 20.0 Å². The maximum absolute atomic E-state index is 14.2. The van der Waals surface area contributed by atoms with E-state index in [1.54, 1.807) is 0 Å². The number of aromatic amines is 2. The van der Waals surface area contributed by atoms with Crippen molar-refractivity contribution in [3.05, 3.63) is 72.4 Å². The number of carbonyl (C=O) groups excluding carboxylic acids is 2. The largest absolute Gasteiger partial charge is 0.453 e. The van der Waals surface area contributed by atoms with Crippen LogP contribution in [0.15, 0.2) is 60.8 Å². The fourth-order valence-electron chi connectivity index (χ4n) is 8.95. The molecule has 5 aromatic rings. The van der Waals surface area contributed by atoms with E-state index in [-0.39, 0.29) is 23.9 Å². The Labute approximate surface area is 289 Å². The van der Waals surface area contributed by atoms with E-state index in [4.69, 9.17) is 19.4 Å². The topological polar surface area (TPSA) is 137 Å². The molecule has 3 saturated heterocycles. The summed E-state index contributed by atoms with van der Waals surface area (Å²) in [4.78, 5) is 45.3. The van der Waals surface area contributed by atoms with Crippen LogP contribution in [-0.4, -0.2) is 75.3 Å². The SMILES string of the molecule is COC(=O)N[C@H](C(=O)N1[C@@H]2C[C@@H]2C[C@H]1c1ncc(-c2ccc3cc(-c4ccc5nc([C@@H]6CC7C[C@H]7N6)[nH]c5c4)ccc3c2)[nH]1)C1CCOCC1. The zero-order valence-corrected chi connectivity index (χ0v) is 28.0. The number of ether oxygens (including phenoxy) is 2. The molecule has 10 rings (SSSR count). The fourth-order valence-corrected chi connectivity index (χ4v) is 8.95. The van der Waals surface area contributed by atoms with Crippen LogP contribution in [0, 0.1) is 17.8 Å². The summed E-state index contributed by atoms with van der Waals surface area (Å²) < 4.78 is 10.5. The van der Waals surface area contributed by atoms with Crippen LogP contribution in [0.1, 0.15) is 62.3 Å². The smallest absolute Gasteiger partial charge is 0.407 e. The number of likely N-dealkylation sites (tertiary alicyclic amines) is 1. The lowest BCUT2D eigenvalue weighted by Crippen LogP contribution is -2.54. The first-order valence-electron chi connectivity index (χ1n) is 18.1. The molecule has 2 aromatic heterocycles. The lowest BCUT2D eigenvalue weighted by atomic mass is 9.90. The number of hydrogen-bond acceptors (Lipinski definition) is 7. The Morgan fingerprint density at radius 1 is 0.900 bits per heavy atom. The summed E-state index contributed by atoms with van der Waals surface area (Å²) in [5.74, 6) is 3.09. The Balaban J connectivity index is 0.881. The number of nitrogens with one attached hydrogen (secondary N) is 4. The summed E-state index contributed by atoms with van der Waals surface area (Å²) in [7, 11) is 1.33. The van der Waals surface area contributed by atoms with Gasteiger partial charge in [0.15, 0.2) is 0 Å². The number of methoxy groups -OCH3 is 1. The number of aromatic nitrogens is 4. The Morgan fingerprint density at radius 2 is 1.68 bits per heavy atom. The Morgan fingerprint density at radius 3 is 2.48 bits per heavy atom. The maximum atomic E-state index is 14.2. The zero-order chi connectivity index (χ0) is 33.5. The number of fused-ring (bicyclic) bond motifs is 4. The molecule has 3 aromatic carbocycles. The van der Waals surface area contributed by atoms with Gasteiger partial charge in [0.25, 0.3) is 0 Å². The molecule has 11 nitrogen and oxygen atoms in total. The van der Waals surface area contributed by atoms with E-state index in [9.17, 15) is 9.59 Å². The molecule has 0 spiro atoms. The van der Waals surface area contributed by atoms with E-state index in [0.29, 0.717) is 31.2 Å². The van der Waals surface area contributed by atoms with Gasteiger partial charge in [0, 0.05) is 30.9 Å². The minimum absolute atomic E-state index is 0.00449. The number of rotatable bonds is 7. The Kier molecular flexibility index (Phi) is 7.03. The first-order chi connectivity index (χ1) is 24.5. The number of amides is 2. The zero-order valence-electron chi connectivity index (χ0n) is 28.0. The average molecular weight is 672 g/mol. The molecule has 7 atom stereocenters. The summed E-state index contributed by atoms with van der Waals surface area (Å²) in [6.07, 6.45) is 7.09. The standard InChI is InChI=1S/C39H41N7O4/c1-49-39(48)45-35(20-8-10-50-11-9-20)38(47)46-33-17-27(33)18-34(46)37-40-19-32(44-37)25-5-4-21-12-22(2-3-23(21)13-25)24-6-7-28-30(14-24)43-36(42-28)31-16-26-15-29(26)41-31/h2-7,12-14,19-20,26-27,29,31,33-35,41H,8-11,15-18H2,1H3,(H,40,44)(H,42,43)(H,45,48)/t26?,27-,29-,31+,33-,34+,35+/m1/s1. The van der Waals surface area contributed by atoms with Gasteiger partial charge in [0.2, 0.25) is 5.91 Å². The third-order valence-corrected chi connectivity index (χ3v) is 11.9. The lowest BCUT2D eigenvalue weighted by Gasteiger charge is -2.35. The van der Waals surface area contributed by atoms with Gasteiger partial charge in [-0.3, -0.25) is 4.79 Å². The Hall–Kier alpha value is -4.74. The van der Waals surface area contributed by atoms with Gasteiger partial charge >= 0.3 is 6.09 Å². The quantitative estimate of drug-likeness (QED) is 0.166. The highest BCUT2D eigenvalue weighted by molar-refractivity contribution is 5.92. The summed E-state index contributed by atoms with van der Waals surface area (Å²) >= 11 is 0. The van der Waals surface area contributed by atoms with E-state index in [1.807, 2.05) is 11.1 Å². The van der Waals surface area contributed by atoms with Gasteiger partial charge in [-0.05, 0) is 102 Å². The van der Waals surface area contributed by atoms with Crippen molar-refractivity contribution in [3.63, 3.8) is 0 Å². The second-order valence-corrected chi connectivity index (χ2v) is 15.0. The lowest BCUT2D eigenvalue weighted by molar-refractivity contribution is -0.138. The van der Waals surface area contributed by atoms with Crippen molar-refractivity contribution in [3.8, 4) is 22.4 Å². The number of H-pyrrole nitrogens is 2. The van der Waals surface area contributed by atoms with Crippen LogP contribution >= 0.6 is 0 Å². The molecule has 5 heterocycles. The van der Waals surface area contributed by atoms with Crippen LogP contribution in [-0.2, 0) is 14.3 Å². The predicted molar refractivity (Wildman–Crippen MR) is 188 cm³/mol. The highest BCUT2D eigenvalue weighted by Gasteiger charge is 2.56. The molecular formula is C39H41N7O4. The van der Waals surface area contributed by atoms with E-state index in [0.717, 1.165) is 87.4 Å². The van der Waals surface area contributed by atoms with Crippen LogP contribution < -0.4 is 10.6 Å². The van der Waals surface area contributed by atoms with Crippen molar-refractivity contribution in [2.24, 2.45) is 17.8 Å². The normalized spacial score (nSPS) is 27.7. The molecule has 0 radical (unpaired) electrons. The van der Waals surface area contributed by atoms with Crippen molar-refractivity contribution in [1.29, 1.82) is 0 Å². The van der Waals surface area contributed by atoms with E-state index in [2.05, 4.69) is 75.2 Å². The van der Waals surface area contributed by atoms with Crippen LogP contribution in [0.2, 0.25) is 0 Å². The first kappa shape index (κ1) is 30.1. The minimum Gasteiger partial charge on any atom is -0.453 e. The van der Waals surface area contributed by atoms with E-state index < -0.39 is 12.1 Å². The van der Waals surface area contributed by atoms with Crippen LogP contribution in [0.25, 0.3) is 44.2 Å². The molecule has 2 amide bonds. The van der Waals surface area contributed by atoms with Gasteiger partial charge in [0.05, 0.1) is 42.1 Å². The number of benzene rings is 3. The summed E-state index contributed by atoms with van der Waals surface area (Å²) in [5.41, 5.74) is 6.37. The van der Waals surface area contributed by atoms with Gasteiger partial charge in [-0.15, -0.1) is 0 Å². The molecule has 5 fully saturated rings. The molecule has 0 bridgehead atoms. The van der Waals surface area contributed by atoms with Crippen molar-refractivity contribution < 1.29 is 19.1 Å². The van der Waals surface area contributed by atoms with Crippen molar-refractivity contribution >= 4 is 33.8 Å². The second-order valence-electron chi connectivity index (χ2n) is 15.0. The van der Waals surface area contributed by atoms with Gasteiger partial charge in [-0.25, -0.2) is 14.8 Å². The third-order valence-electron chi connectivity index (χ3n) is 11.9.